The molecular weight excluding hydrogens is 252 g/mol. The zero-order chi connectivity index (χ0) is 11.5. The minimum Gasteiger partial charge on any atom is -0.382 e. The van der Waals surface area contributed by atoms with E-state index in [9.17, 15) is 0 Å². The highest BCUT2D eigenvalue weighted by molar-refractivity contribution is 5.85. The highest BCUT2D eigenvalue weighted by Gasteiger charge is 2.50. The van der Waals surface area contributed by atoms with Crippen LogP contribution in [0.2, 0.25) is 0 Å². The third-order valence-corrected chi connectivity index (χ3v) is 4.79. The van der Waals surface area contributed by atoms with Gasteiger partial charge < -0.3 is 10.3 Å². The molecular formula is C12H19ClN4O. The van der Waals surface area contributed by atoms with Crippen molar-refractivity contribution in [3.63, 3.8) is 0 Å². The standard InChI is InChI=1S/C12H18N4O.ClH/c13-11-7-16(15-17-11)14-12-4-8-1-9(5-12)3-10(2-8)6-12;/h7-10H,1-6,13H2;1H. The minimum atomic E-state index is 0. The summed E-state index contributed by atoms with van der Waals surface area (Å²) in [5.74, 6) is 3.03. The number of nitrogens with two attached hydrogens (primary N) is 1. The molecule has 1 heterocycles. The number of rotatable bonds is 2. The number of anilines is 1. The molecule has 0 saturated heterocycles. The summed E-state index contributed by atoms with van der Waals surface area (Å²) in [4.78, 5) is 1.54. The highest BCUT2D eigenvalue weighted by atomic mass is 35.5. The Bertz CT molecular complexity index is 412. The normalized spacial score (nSPS) is 40.6. The van der Waals surface area contributed by atoms with Gasteiger partial charge in [-0.25, -0.2) is 5.43 Å². The van der Waals surface area contributed by atoms with Gasteiger partial charge in [0, 0.05) is 5.54 Å². The molecule has 0 aromatic carbocycles. The molecule has 100 valence electrons. The van der Waals surface area contributed by atoms with E-state index >= 15 is 0 Å². The van der Waals surface area contributed by atoms with Crippen molar-refractivity contribution in [3.8, 4) is 0 Å². The van der Waals surface area contributed by atoms with E-state index in [1.54, 1.807) is 11.0 Å². The molecule has 5 nitrogen and oxygen atoms in total. The van der Waals surface area contributed by atoms with E-state index in [0.29, 0.717) is 5.88 Å². The third kappa shape index (κ3) is 1.85. The topological polar surface area (TPSA) is 70.0 Å². The maximum Gasteiger partial charge on any atom is 0.265 e. The molecule has 4 fully saturated rings. The van der Waals surface area contributed by atoms with Crippen LogP contribution in [0.15, 0.2) is 10.7 Å². The van der Waals surface area contributed by atoms with Crippen molar-refractivity contribution in [2.75, 3.05) is 5.73 Å². The molecule has 1 aromatic heterocycles. The fourth-order valence-corrected chi connectivity index (χ4v) is 4.70. The van der Waals surface area contributed by atoms with Crippen LogP contribution in [-0.2, 0) is 0 Å². The molecule has 0 spiro atoms. The van der Waals surface area contributed by atoms with Gasteiger partial charge in [-0.05, 0) is 61.6 Å². The van der Waals surface area contributed by atoms with Crippen LogP contribution in [0.25, 0.3) is 5.43 Å². The van der Waals surface area contributed by atoms with Crippen LogP contribution in [0, 0.1) is 17.8 Å². The Morgan fingerprint density at radius 3 is 2.22 bits per heavy atom. The average Bonchev–Trinajstić information content (AvgIpc) is 2.60. The summed E-state index contributed by atoms with van der Waals surface area (Å²) in [6.45, 7) is 0. The zero-order valence-corrected chi connectivity index (χ0v) is 11.1. The molecule has 4 aliphatic rings. The van der Waals surface area contributed by atoms with E-state index in [2.05, 4.69) is 5.27 Å². The maximum absolute atomic E-state index is 5.54. The molecule has 0 atom stereocenters. The van der Waals surface area contributed by atoms with Crippen LogP contribution in [0.5, 0.6) is 0 Å². The van der Waals surface area contributed by atoms with E-state index in [1.165, 1.54) is 38.5 Å². The number of aromatic nitrogens is 2. The van der Waals surface area contributed by atoms with Crippen LogP contribution in [0.1, 0.15) is 38.5 Å². The molecule has 0 unspecified atom stereocenters. The molecule has 18 heavy (non-hydrogen) atoms. The molecule has 5 rings (SSSR count). The molecule has 0 amide bonds. The van der Waals surface area contributed by atoms with E-state index in [4.69, 9.17) is 15.7 Å². The first-order valence-electron chi connectivity index (χ1n) is 6.58. The number of nitrogen functional groups attached to an aromatic ring is 1. The van der Waals surface area contributed by atoms with Crippen molar-refractivity contribution in [1.82, 2.24) is 5.27 Å². The summed E-state index contributed by atoms with van der Waals surface area (Å²) in [6.07, 6.45) is 9.66. The highest BCUT2D eigenvalue weighted by Crippen LogP contribution is 2.57. The van der Waals surface area contributed by atoms with Crippen molar-refractivity contribution in [3.05, 3.63) is 11.6 Å². The Morgan fingerprint density at radius 2 is 1.78 bits per heavy atom. The van der Waals surface area contributed by atoms with E-state index in [-0.39, 0.29) is 17.9 Å². The molecule has 1 aromatic rings. The molecule has 4 aliphatic carbocycles. The number of hydrogen-bond acceptors (Lipinski definition) is 3. The second-order valence-electron chi connectivity index (χ2n) is 6.27. The van der Waals surface area contributed by atoms with Crippen LogP contribution in [-0.4, -0.2) is 10.8 Å². The molecule has 2 N–H and O–H groups in total. The van der Waals surface area contributed by atoms with E-state index < -0.39 is 0 Å². The first kappa shape index (κ1) is 12.1. The van der Waals surface area contributed by atoms with Gasteiger partial charge in [-0.3, -0.25) is 0 Å². The summed E-state index contributed by atoms with van der Waals surface area (Å²) in [5, 5.41) is 3.84. The number of hydrogen-bond donors (Lipinski definition) is 1. The predicted octanol–water partition coefficient (Wildman–Crippen LogP) is 2.07. The fourth-order valence-electron chi connectivity index (χ4n) is 4.70. The van der Waals surface area contributed by atoms with Crippen molar-refractivity contribution in [2.24, 2.45) is 17.8 Å². The smallest absolute Gasteiger partial charge is 0.265 e. The summed E-state index contributed by atoms with van der Waals surface area (Å²) in [5.41, 5.74) is 10.5. The lowest BCUT2D eigenvalue weighted by Crippen LogP contribution is -2.54. The van der Waals surface area contributed by atoms with Gasteiger partial charge in [-0.1, -0.05) is 4.79 Å². The minimum absolute atomic E-state index is 0. The lowest BCUT2D eigenvalue weighted by atomic mass is 9.53. The summed E-state index contributed by atoms with van der Waals surface area (Å²) >= 11 is 0. The Morgan fingerprint density at radius 1 is 1.22 bits per heavy atom. The molecule has 6 heteroatoms. The second kappa shape index (κ2) is 4.02. The Labute approximate surface area is 112 Å². The third-order valence-electron chi connectivity index (χ3n) is 4.79. The van der Waals surface area contributed by atoms with Gasteiger partial charge in [0.05, 0.1) is 0 Å². The van der Waals surface area contributed by atoms with Crippen molar-refractivity contribution < 1.29 is 9.31 Å². The van der Waals surface area contributed by atoms with Crippen molar-refractivity contribution in [1.29, 1.82) is 0 Å². The summed E-state index contributed by atoms with van der Waals surface area (Å²) in [6, 6.07) is 0. The monoisotopic (exact) mass is 270 g/mol. The van der Waals surface area contributed by atoms with Gasteiger partial charge in [-0.2, -0.15) is 0 Å². The molecule has 0 aliphatic heterocycles. The van der Waals surface area contributed by atoms with Crippen LogP contribution in [0.3, 0.4) is 0 Å². The number of nitrogens with zero attached hydrogens (tertiary/aromatic N) is 3. The second-order valence-corrected chi connectivity index (χ2v) is 6.27. The van der Waals surface area contributed by atoms with Gasteiger partial charge in [-0.15, -0.1) is 12.4 Å². The largest absolute Gasteiger partial charge is 0.382 e. The maximum atomic E-state index is 5.54. The van der Waals surface area contributed by atoms with E-state index in [0.717, 1.165) is 17.8 Å². The quantitative estimate of drug-likeness (QED) is 0.837. The van der Waals surface area contributed by atoms with Gasteiger partial charge in [0.15, 0.2) is 0 Å². The molecule has 4 saturated carbocycles. The molecule has 0 radical (unpaired) electrons. The lowest BCUT2D eigenvalue weighted by Gasteiger charge is -2.56. The predicted molar refractivity (Wildman–Crippen MR) is 68.0 cm³/mol. The van der Waals surface area contributed by atoms with Gasteiger partial charge in [0.1, 0.15) is 0 Å². The summed E-state index contributed by atoms with van der Waals surface area (Å²) in [7, 11) is 0. The Balaban J connectivity index is 0.000001000. The molecule has 4 bridgehead atoms. The average molecular weight is 271 g/mol. The van der Waals surface area contributed by atoms with E-state index in [1.807, 2.05) is 0 Å². The lowest BCUT2D eigenvalue weighted by molar-refractivity contribution is -0.703. The van der Waals surface area contributed by atoms with Gasteiger partial charge >= 0.3 is 0 Å². The first-order valence-corrected chi connectivity index (χ1v) is 6.58. The zero-order valence-electron chi connectivity index (χ0n) is 10.3. The van der Waals surface area contributed by atoms with Gasteiger partial charge in [0.25, 0.3) is 12.1 Å². The van der Waals surface area contributed by atoms with Gasteiger partial charge in [0.2, 0.25) is 0 Å². The number of halogens is 1. The van der Waals surface area contributed by atoms with Crippen LogP contribution >= 0.6 is 12.4 Å². The van der Waals surface area contributed by atoms with Crippen LogP contribution < -0.4 is 10.5 Å². The van der Waals surface area contributed by atoms with Crippen LogP contribution in [0.4, 0.5) is 5.88 Å². The van der Waals surface area contributed by atoms with Crippen molar-refractivity contribution >= 4 is 18.3 Å². The summed E-state index contributed by atoms with van der Waals surface area (Å²) < 4.78 is 4.88. The first-order chi connectivity index (χ1) is 8.21. The Hall–Kier alpha value is -0.970. The van der Waals surface area contributed by atoms with Crippen molar-refractivity contribution in [2.45, 2.75) is 44.1 Å². The SMILES string of the molecule is Cl.Nc1c[n+]([N-]C23CC4CC(CC(C4)C2)C3)no1. The fraction of sp³-hybridized carbons (Fsp3) is 0.833. The Kier molecular flexibility index (Phi) is 2.70.